The van der Waals surface area contributed by atoms with Crippen LogP contribution in [-0.4, -0.2) is 29.8 Å². The smallest absolute Gasteiger partial charge is 0.137 e. The Bertz CT molecular complexity index is 353. The Morgan fingerprint density at radius 1 is 1.39 bits per heavy atom. The van der Waals surface area contributed by atoms with Crippen LogP contribution in [0.15, 0.2) is 18.5 Å². The number of rotatable bonds is 8. The van der Waals surface area contributed by atoms with Crippen molar-refractivity contribution in [3.63, 3.8) is 0 Å². The average molecular weight is 252 g/mol. The Hall–Kier alpha value is -1.13. The summed E-state index contributed by atoms with van der Waals surface area (Å²) >= 11 is 0. The van der Waals surface area contributed by atoms with Crippen LogP contribution in [0.2, 0.25) is 0 Å². The van der Waals surface area contributed by atoms with Gasteiger partial charge in [-0.2, -0.15) is 0 Å². The van der Waals surface area contributed by atoms with Gasteiger partial charge in [-0.15, -0.1) is 0 Å². The summed E-state index contributed by atoms with van der Waals surface area (Å²) in [5, 5.41) is 13.6. The molecule has 0 aliphatic heterocycles. The van der Waals surface area contributed by atoms with Gasteiger partial charge in [0.15, 0.2) is 0 Å². The first-order valence-electron chi connectivity index (χ1n) is 6.61. The van der Waals surface area contributed by atoms with Crippen LogP contribution in [0.4, 0.5) is 0 Å². The van der Waals surface area contributed by atoms with Crippen molar-refractivity contribution in [2.24, 2.45) is 0 Å². The van der Waals surface area contributed by atoms with Crippen molar-refractivity contribution in [3.8, 4) is 5.75 Å². The van der Waals surface area contributed by atoms with Gasteiger partial charge < -0.3 is 15.2 Å². The molecule has 0 aliphatic carbocycles. The third kappa shape index (κ3) is 4.63. The lowest BCUT2D eigenvalue weighted by Crippen LogP contribution is -2.28. The minimum absolute atomic E-state index is 0.653. The van der Waals surface area contributed by atoms with Crippen molar-refractivity contribution in [2.75, 3.05) is 19.7 Å². The maximum absolute atomic E-state index is 10.4. The van der Waals surface area contributed by atoms with E-state index >= 15 is 0 Å². The molecule has 18 heavy (non-hydrogen) atoms. The number of nitrogens with zero attached hydrogens (tertiary/aromatic N) is 1. The predicted octanol–water partition coefficient (Wildman–Crippen LogP) is 2.08. The van der Waals surface area contributed by atoms with Gasteiger partial charge >= 0.3 is 0 Å². The van der Waals surface area contributed by atoms with Gasteiger partial charge in [0.05, 0.1) is 18.4 Å². The molecule has 1 unspecified atom stereocenters. The van der Waals surface area contributed by atoms with Gasteiger partial charge in [-0.25, -0.2) is 0 Å². The van der Waals surface area contributed by atoms with Crippen LogP contribution in [0.5, 0.6) is 5.75 Å². The highest BCUT2D eigenvalue weighted by Crippen LogP contribution is 2.26. The van der Waals surface area contributed by atoms with Crippen LogP contribution in [-0.2, 0) is 5.60 Å². The third-order valence-electron chi connectivity index (χ3n) is 2.85. The molecule has 1 aromatic rings. The molecule has 1 aromatic heterocycles. The van der Waals surface area contributed by atoms with Gasteiger partial charge in [0, 0.05) is 11.8 Å². The van der Waals surface area contributed by atoms with E-state index in [1.54, 1.807) is 12.4 Å². The lowest BCUT2D eigenvalue weighted by Gasteiger charge is -2.24. The summed E-state index contributed by atoms with van der Waals surface area (Å²) in [5.74, 6) is 0.720. The van der Waals surface area contributed by atoms with E-state index in [0.717, 1.165) is 30.8 Å². The fourth-order valence-corrected chi connectivity index (χ4v) is 1.67. The largest absolute Gasteiger partial charge is 0.492 e. The van der Waals surface area contributed by atoms with Gasteiger partial charge in [-0.3, -0.25) is 4.98 Å². The number of nitrogens with one attached hydrogen (secondary N) is 1. The Balaban J connectivity index is 2.68. The van der Waals surface area contributed by atoms with Crippen LogP contribution in [0.25, 0.3) is 0 Å². The topological polar surface area (TPSA) is 54.4 Å². The van der Waals surface area contributed by atoms with Crippen LogP contribution < -0.4 is 10.1 Å². The van der Waals surface area contributed by atoms with Crippen molar-refractivity contribution >= 4 is 0 Å². The summed E-state index contributed by atoms with van der Waals surface area (Å²) in [6.45, 7) is 8.28. The maximum Gasteiger partial charge on any atom is 0.137 e. The number of hydrogen-bond acceptors (Lipinski definition) is 4. The van der Waals surface area contributed by atoms with Crippen molar-refractivity contribution in [2.45, 2.75) is 39.2 Å². The molecule has 0 saturated heterocycles. The summed E-state index contributed by atoms with van der Waals surface area (Å²) in [7, 11) is 0. The molecule has 0 amide bonds. The molecule has 0 bridgehead atoms. The first-order chi connectivity index (χ1) is 8.60. The molecule has 4 heteroatoms. The predicted molar refractivity (Wildman–Crippen MR) is 72.8 cm³/mol. The number of hydrogen-bond donors (Lipinski definition) is 2. The van der Waals surface area contributed by atoms with Crippen LogP contribution in [0.3, 0.4) is 0 Å². The number of aromatic nitrogens is 1. The monoisotopic (exact) mass is 252 g/mol. The zero-order valence-corrected chi connectivity index (χ0v) is 11.6. The minimum Gasteiger partial charge on any atom is -0.492 e. The van der Waals surface area contributed by atoms with Gasteiger partial charge in [-0.1, -0.05) is 13.8 Å². The highest BCUT2D eigenvalue weighted by atomic mass is 16.5. The Morgan fingerprint density at radius 3 is 2.83 bits per heavy atom. The quantitative estimate of drug-likeness (QED) is 0.696. The van der Waals surface area contributed by atoms with Gasteiger partial charge in [0.1, 0.15) is 5.75 Å². The van der Waals surface area contributed by atoms with Crippen molar-refractivity contribution < 1.29 is 9.84 Å². The molecule has 0 aliphatic rings. The van der Waals surface area contributed by atoms with E-state index in [1.165, 1.54) is 0 Å². The normalized spacial score (nSPS) is 14.2. The third-order valence-corrected chi connectivity index (χ3v) is 2.85. The zero-order valence-electron chi connectivity index (χ0n) is 11.6. The Morgan fingerprint density at radius 2 is 2.17 bits per heavy atom. The molecular weight excluding hydrogens is 228 g/mol. The van der Waals surface area contributed by atoms with E-state index in [4.69, 9.17) is 4.74 Å². The van der Waals surface area contributed by atoms with Crippen LogP contribution in [0, 0.1) is 0 Å². The summed E-state index contributed by atoms with van der Waals surface area (Å²) in [6, 6.07) is 1.87. The Labute approximate surface area is 109 Å². The second kappa shape index (κ2) is 7.34. The molecule has 2 N–H and O–H groups in total. The lowest BCUT2D eigenvalue weighted by atomic mass is 9.94. The Kier molecular flexibility index (Phi) is 6.09. The summed E-state index contributed by atoms with van der Waals surface area (Å²) in [4.78, 5) is 4.13. The molecule has 1 atom stereocenters. The fraction of sp³-hybridized carbons (Fsp3) is 0.643. The van der Waals surface area contributed by atoms with E-state index in [9.17, 15) is 5.11 Å². The lowest BCUT2D eigenvalue weighted by molar-refractivity contribution is 0.0475. The molecule has 0 fully saturated rings. The molecular formula is C14H24N2O2. The molecule has 0 radical (unpaired) electrons. The highest BCUT2D eigenvalue weighted by molar-refractivity contribution is 5.27. The SMILES string of the molecule is CCCOc1cncc(C(C)(O)CCNCC)c1. The number of ether oxygens (including phenoxy) is 1. The first-order valence-corrected chi connectivity index (χ1v) is 6.61. The molecule has 4 nitrogen and oxygen atoms in total. The minimum atomic E-state index is -0.874. The van der Waals surface area contributed by atoms with Crippen LogP contribution in [0.1, 0.15) is 39.2 Å². The van der Waals surface area contributed by atoms with Crippen LogP contribution >= 0.6 is 0 Å². The summed E-state index contributed by atoms with van der Waals surface area (Å²) in [6.07, 6.45) is 4.99. The molecule has 1 rings (SSSR count). The van der Waals surface area contributed by atoms with E-state index < -0.39 is 5.60 Å². The second-order valence-corrected chi connectivity index (χ2v) is 4.64. The van der Waals surface area contributed by atoms with Gasteiger partial charge in [-0.05, 0) is 38.9 Å². The second-order valence-electron chi connectivity index (χ2n) is 4.64. The van der Waals surface area contributed by atoms with E-state index in [2.05, 4.69) is 24.1 Å². The van der Waals surface area contributed by atoms with E-state index in [1.807, 2.05) is 13.0 Å². The molecule has 0 spiro atoms. The molecule has 102 valence electrons. The molecule has 0 saturated carbocycles. The molecule has 1 heterocycles. The van der Waals surface area contributed by atoms with E-state index in [0.29, 0.717) is 13.0 Å². The summed E-state index contributed by atoms with van der Waals surface area (Å²) in [5.41, 5.74) is -0.0742. The fourth-order valence-electron chi connectivity index (χ4n) is 1.67. The molecule has 0 aromatic carbocycles. The average Bonchev–Trinajstić information content (AvgIpc) is 2.37. The number of aliphatic hydroxyl groups is 1. The van der Waals surface area contributed by atoms with Gasteiger partial charge in [0.25, 0.3) is 0 Å². The summed E-state index contributed by atoms with van der Waals surface area (Å²) < 4.78 is 5.53. The zero-order chi connectivity index (χ0) is 13.4. The number of pyridine rings is 1. The van der Waals surface area contributed by atoms with E-state index in [-0.39, 0.29) is 0 Å². The van der Waals surface area contributed by atoms with Crippen molar-refractivity contribution in [1.82, 2.24) is 10.3 Å². The standard InChI is InChI=1S/C14H24N2O2/c1-4-8-18-13-9-12(10-16-11-13)14(3,17)6-7-15-5-2/h9-11,15,17H,4-8H2,1-3H3. The maximum atomic E-state index is 10.4. The highest BCUT2D eigenvalue weighted by Gasteiger charge is 2.23. The van der Waals surface area contributed by atoms with Gasteiger partial charge in [0.2, 0.25) is 0 Å². The van der Waals surface area contributed by atoms with Crippen molar-refractivity contribution in [3.05, 3.63) is 24.0 Å². The first kappa shape index (κ1) is 14.9. The van der Waals surface area contributed by atoms with Crippen molar-refractivity contribution in [1.29, 1.82) is 0 Å².